The van der Waals surface area contributed by atoms with Crippen LogP contribution in [0.5, 0.6) is 5.88 Å². The molecule has 2 aliphatic heterocycles. The van der Waals surface area contributed by atoms with Crippen LogP contribution in [-0.4, -0.2) is 69.1 Å². The fourth-order valence-corrected chi connectivity index (χ4v) is 5.90. The van der Waals surface area contributed by atoms with E-state index in [1.165, 1.54) is 6.33 Å². The van der Waals surface area contributed by atoms with Gasteiger partial charge in [0.1, 0.15) is 18.5 Å². The quantitative estimate of drug-likeness (QED) is 0.388. The highest BCUT2D eigenvalue weighted by atomic mass is 35.5. The van der Waals surface area contributed by atoms with Crippen LogP contribution in [0.4, 0.5) is 10.5 Å². The van der Waals surface area contributed by atoms with Crippen LogP contribution >= 0.6 is 11.6 Å². The molecule has 39 heavy (non-hydrogen) atoms. The number of urea groups is 1. The van der Waals surface area contributed by atoms with Gasteiger partial charge in [-0.1, -0.05) is 48.0 Å². The molecule has 1 N–H and O–H groups in total. The predicted molar refractivity (Wildman–Crippen MR) is 150 cm³/mol. The largest absolute Gasteiger partial charge is 0.480 e. The second-order valence-electron chi connectivity index (χ2n) is 9.87. The molecule has 0 radical (unpaired) electrons. The number of likely N-dealkylation sites (tertiary alicyclic amines) is 1. The number of hydrogen-bond acceptors (Lipinski definition) is 5. The van der Waals surface area contributed by atoms with E-state index in [0.29, 0.717) is 41.6 Å². The number of ether oxygens (including phenoxy) is 1. The lowest BCUT2D eigenvalue weighted by Crippen LogP contribution is -2.50. The van der Waals surface area contributed by atoms with Gasteiger partial charge in [0.25, 0.3) is 0 Å². The van der Waals surface area contributed by atoms with Gasteiger partial charge in [-0.2, -0.15) is 0 Å². The Hall–Kier alpha value is -4.11. The van der Waals surface area contributed by atoms with E-state index in [9.17, 15) is 9.59 Å². The number of halogens is 1. The van der Waals surface area contributed by atoms with Gasteiger partial charge in [-0.25, -0.2) is 14.8 Å². The number of hydrogen-bond donors (Lipinski definition) is 1. The van der Waals surface area contributed by atoms with Gasteiger partial charge in [-0.05, 0) is 37.0 Å². The maximum Gasteiger partial charge on any atom is 0.322 e. The Kier molecular flexibility index (Phi) is 6.83. The molecule has 0 spiro atoms. The van der Waals surface area contributed by atoms with Crippen LogP contribution in [0.2, 0.25) is 5.02 Å². The van der Waals surface area contributed by atoms with Crippen LogP contribution in [0.1, 0.15) is 18.4 Å². The van der Waals surface area contributed by atoms with Crippen molar-refractivity contribution in [1.29, 1.82) is 0 Å². The zero-order chi connectivity index (χ0) is 26.9. The lowest BCUT2D eigenvalue weighted by Gasteiger charge is -2.38. The van der Waals surface area contributed by atoms with Crippen molar-refractivity contribution in [2.24, 2.45) is 0 Å². The van der Waals surface area contributed by atoms with Crippen molar-refractivity contribution in [2.45, 2.75) is 31.8 Å². The van der Waals surface area contributed by atoms with Crippen molar-refractivity contribution >= 4 is 40.3 Å². The summed E-state index contributed by atoms with van der Waals surface area (Å²) in [6.45, 7) is 1.98. The van der Waals surface area contributed by atoms with Crippen LogP contribution in [0, 0.1) is 0 Å². The van der Waals surface area contributed by atoms with Gasteiger partial charge in [-0.15, -0.1) is 0 Å². The number of benzene rings is 2. The summed E-state index contributed by atoms with van der Waals surface area (Å²) in [7, 11) is 1.56. The summed E-state index contributed by atoms with van der Waals surface area (Å²) < 4.78 is 7.37. The Labute approximate surface area is 231 Å². The molecule has 4 heterocycles. The molecule has 4 aromatic rings. The minimum atomic E-state index is -0.0655. The van der Waals surface area contributed by atoms with Crippen LogP contribution in [0.3, 0.4) is 0 Å². The molecular formula is C29H29ClN6O3. The molecule has 0 bridgehead atoms. The van der Waals surface area contributed by atoms with Crippen LogP contribution in [-0.2, 0) is 17.8 Å². The number of fused-ring (bicyclic) bond motifs is 2. The van der Waals surface area contributed by atoms with Crippen molar-refractivity contribution in [3.05, 3.63) is 71.6 Å². The van der Waals surface area contributed by atoms with E-state index >= 15 is 0 Å². The molecule has 0 aliphatic carbocycles. The number of anilines is 1. The Bertz CT molecular complexity index is 1550. The number of methoxy groups -OCH3 is 1. The molecule has 10 heteroatoms. The van der Waals surface area contributed by atoms with Crippen molar-refractivity contribution in [3.8, 4) is 17.0 Å². The predicted octanol–water partition coefficient (Wildman–Crippen LogP) is 4.84. The Morgan fingerprint density at radius 1 is 1.05 bits per heavy atom. The van der Waals surface area contributed by atoms with Crippen LogP contribution < -0.4 is 10.1 Å². The molecule has 2 aliphatic rings. The lowest BCUT2D eigenvalue weighted by molar-refractivity contribution is -0.133. The second-order valence-corrected chi connectivity index (χ2v) is 10.3. The van der Waals surface area contributed by atoms with E-state index < -0.39 is 0 Å². The summed E-state index contributed by atoms with van der Waals surface area (Å²) in [6.07, 6.45) is 5.63. The zero-order valence-corrected chi connectivity index (χ0v) is 22.4. The summed E-state index contributed by atoms with van der Waals surface area (Å²) in [5, 5.41) is 4.36. The Morgan fingerprint density at radius 2 is 1.82 bits per heavy atom. The van der Waals surface area contributed by atoms with E-state index in [1.54, 1.807) is 7.11 Å². The number of carbonyl (C=O) groups is 2. The number of para-hydroxylation sites is 1. The third-order valence-corrected chi connectivity index (χ3v) is 8.01. The molecule has 0 unspecified atom stereocenters. The number of amides is 3. The third-order valence-electron chi connectivity index (χ3n) is 7.68. The van der Waals surface area contributed by atoms with Gasteiger partial charge >= 0.3 is 6.03 Å². The van der Waals surface area contributed by atoms with Gasteiger partial charge in [-0.3, -0.25) is 4.79 Å². The van der Waals surface area contributed by atoms with Crippen molar-refractivity contribution in [1.82, 2.24) is 24.3 Å². The highest BCUT2D eigenvalue weighted by Crippen LogP contribution is 2.38. The molecular weight excluding hydrogens is 516 g/mol. The fourth-order valence-electron chi connectivity index (χ4n) is 5.67. The van der Waals surface area contributed by atoms with Gasteiger partial charge in [0.2, 0.25) is 11.8 Å². The number of carbonyl (C=O) groups excluding carboxylic acids is 2. The summed E-state index contributed by atoms with van der Waals surface area (Å²) in [4.78, 5) is 39.0. The van der Waals surface area contributed by atoms with E-state index in [0.717, 1.165) is 41.6 Å². The van der Waals surface area contributed by atoms with Crippen LogP contribution in [0.15, 0.2) is 61.1 Å². The first kappa shape index (κ1) is 25.2. The lowest BCUT2D eigenvalue weighted by atomic mass is 10.0. The van der Waals surface area contributed by atoms with Crippen LogP contribution in [0.25, 0.3) is 22.2 Å². The molecule has 6 rings (SSSR count). The molecule has 0 atom stereocenters. The van der Waals surface area contributed by atoms with Crippen molar-refractivity contribution in [3.63, 3.8) is 0 Å². The normalized spacial score (nSPS) is 16.1. The summed E-state index contributed by atoms with van der Waals surface area (Å²) >= 11 is 6.52. The molecule has 3 amide bonds. The molecule has 1 fully saturated rings. The molecule has 1 saturated heterocycles. The van der Waals surface area contributed by atoms with Gasteiger partial charge in [0.05, 0.1) is 12.5 Å². The maximum absolute atomic E-state index is 13.4. The number of piperidine rings is 1. The van der Waals surface area contributed by atoms with E-state index in [4.69, 9.17) is 16.3 Å². The first-order chi connectivity index (χ1) is 19.0. The van der Waals surface area contributed by atoms with Crippen molar-refractivity contribution < 1.29 is 14.3 Å². The average molecular weight is 545 g/mol. The second kappa shape index (κ2) is 10.6. The Morgan fingerprint density at radius 3 is 2.62 bits per heavy atom. The summed E-state index contributed by atoms with van der Waals surface area (Å²) in [5.74, 6) is 0.432. The first-order valence-corrected chi connectivity index (χ1v) is 13.5. The van der Waals surface area contributed by atoms with E-state index in [1.807, 2.05) is 63.0 Å². The first-order valence-electron chi connectivity index (χ1n) is 13.1. The minimum absolute atomic E-state index is 0.00126. The van der Waals surface area contributed by atoms with E-state index in [-0.39, 0.29) is 24.5 Å². The van der Waals surface area contributed by atoms with E-state index in [2.05, 4.69) is 21.4 Å². The summed E-state index contributed by atoms with van der Waals surface area (Å²) in [5.41, 5.74) is 4.28. The molecule has 2 aromatic heterocycles. The Balaban J connectivity index is 1.17. The highest BCUT2D eigenvalue weighted by molar-refractivity contribution is 6.33. The highest BCUT2D eigenvalue weighted by Gasteiger charge is 2.31. The topological polar surface area (TPSA) is 92.6 Å². The van der Waals surface area contributed by atoms with Gasteiger partial charge in [0, 0.05) is 53.7 Å². The maximum atomic E-state index is 13.4. The van der Waals surface area contributed by atoms with Gasteiger partial charge in [0.15, 0.2) is 0 Å². The zero-order valence-electron chi connectivity index (χ0n) is 21.6. The molecule has 9 nitrogen and oxygen atoms in total. The molecule has 2 aromatic carbocycles. The smallest absolute Gasteiger partial charge is 0.322 e. The molecule has 0 saturated carbocycles. The fraction of sp³-hybridized carbons (Fsp3) is 0.310. The monoisotopic (exact) mass is 544 g/mol. The minimum Gasteiger partial charge on any atom is -0.480 e. The number of rotatable bonds is 5. The SMILES string of the molecule is COc1ncnc2c1c(-c1ccccc1Cl)cn2CC(=O)N1CCC(N2CCc3ccccc3NC2=O)CC1. The number of nitrogens with zero attached hydrogens (tertiary/aromatic N) is 5. The number of nitrogens with one attached hydrogen (secondary N) is 1. The third kappa shape index (κ3) is 4.78. The molecule has 200 valence electrons. The number of aromatic nitrogens is 3. The summed E-state index contributed by atoms with van der Waals surface area (Å²) in [6, 6.07) is 15.5. The standard InChI is InChI=1S/C29H29ClN6O3/c1-39-28-26-22(21-7-3-4-8-23(21)30)16-35(27(26)31-18-32-28)17-25(37)34-13-11-20(12-14-34)36-15-10-19-6-2-5-9-24(19)33-29(36)38/h2-9,16,18,20H,10-15,17H2,1H3,(H,33,38). The average Bonchev–Trinajstić information content (AvgIpc) is 3.23. The van der Waals surface area contributed by atoms with Gasteiger partial charge < -0.3 is 24.4 Å². The van der Waals surface area contributed by atoms with Crippen molar-refractivity contribution in [2.75, 3.05) is 32.1 Å².